The summed E-state index contributed by atoms with van der Waals surface area (Å²) in [6, 6.07) is -0.337. The number of likely N-dealkylation sites (N-methyl/N-ethyl adjacent to an activating group) is 1. The van der Waals surface area contributed by atoms with E-state index in [1.165, 1.54) is 12.8 Å². The molecule has 2 N–H and O–H groups in total. The normalized spacial score (nSPS) is 19.4. The topological polar surface area (TPSA) is 58.7 Å². The second-order valence-corrected chi connectivity index (χ2v) is 4.72. The van der Waals surface area contributed by atoms with E-state index in [0.717, 1.165) is 25.9 Å². The fraction of sp³-hybridized carbons (Fsp3) is 0.846. The van der Waals surface area contributed by atoms with E-state index < -0.39 is 0 Å². The monoisotopic (exact) mass is 239 g/mol. The SMILES string of the molecule is CCN(CC)C(=O)C(C)N=C(N)C1CCCC1. The molecule has 0 aromatic carbocycles. The summed E-state index contributed by atoms with van der Waals surface area (Å²) in [4.78, 5) is 18.2. The zero-order valence-corrected chi connectivity index (χ0v) is 11.3. The molecule has 1 amide bonds. The van der Waals surface area contributed by atoms with Crippen molar-refractivity contribution in [3.05, 3.63) is 0 Å². The zero-order chi connectivity index (χ0) is 12.8. The summed E-state index contributed by atoms with van der Waals surface area (Å²) in [6.45, 7) is 7.27. The van der Waals surface area contributed by atoms with Gasteiger partial charge in [0, 0.05) is 19.0 Å². The first kappa shape index (κ1) is 14.0. The fourth-order valence-electron chi connectivity index (χ4n) is 2.41. The average molecular weight is 239 g/mol. The fourth-order valence-corrected chi connectivity index (χ4v) is 2.41. The molecule has 17 heavy (non-hydrogen) atoms. The van der Waals surface area contributed by atoms with Crippen LogP contribution in [0.5, 0.6) is 0 Å². The third-order valence-electron chi connectivity index (χ3n) is 3.55. The molecular formula is C13H25N3O. The Hall–Kier alpha value is -1.06. The molecule has 4 heteroatoms. The van der Waals surface area contributed by atoms with Gasteiger partial charge in [-0.2, -0.15) is 0 Å². The van der Waals surface area contributed by atoms with Crippen LogP contribution in [0.4, 0.5) is 0 Å². The van der Waals surface area contributed by atoms with Gasteiger partial charge in [-0.05, 0) is 33.6 Å². The maximum absolute atomic E-state index is 12.0. The van der Waals surface area contributed by atoms with Crippen molar-refractivity contribution in [2.45, 2.75) is 52.5 Å². The van der Waals surface area contributed by atoms with Gasteiger partial charge in [-0.1, -0.05) is 12.8 Å². The van der Waals surface area contributed by atoms with E-state index in [4.69, 9.17) is 5.73 Å². The van der Waals surface area contributed by atoms with Crippen molar-refractivity contribution < 1.29 is 4.79 Å². The van der Waals surface area contributed by atoms with E-state index in [-0.39, 0.29) is 11.9 Å². The molecular weight excluding hydrogens is 214 g/mol. The first-order valence-electron chi connectivity index (χ1n) is 6.72. The Morgan fingerprint density at radius 3 is 2.35 bits per heavy atom. The van der Waals surface area contributed by atoms with E-state index in [2.05, 4.69) is 4.99 Å². The van der Waals surface area contributed by atoms with Crippen molar-refractivity contribution in [3.8, 4) is 0 Å². The summed E-state index contributed by atoms with van der Waals surface area (Å²) in [5.74, 6) is 1.16. The predicted molar refractivity (Wildman–Crippen MR) is 71.0 cm³/mol. The molecule has 4 nitrogen and oxygen atoms in total. The van der Waals surface area contributed by atoms with E-state index in [9.17, 15) is 4.79 Å². The van der Waals surface area contributed by atoms with Gasteiger partial charge in [0.05, 0.1) is 5.84 Å². The van der Waals surface area contributed by atoms with Gasteiger partial charge in [-0.15, -0.1) is 0 Å². The smallest absolute Gasteiger partial charge is 0.247 e. The number of rotatable bonds is 5. The molecule has 0 aromatic heterocycles. The molecule has 0 heterocycles. The van der Waals surface area contributed by atoms with Crippen molar-refractivity contribution in [2.24, 2.45) is 16.6 Å². The van der Waals surface area contributed by atoms with Crippen LogP contribution in [0.3, 0.4) is 0 Å². The largest absolute Gasteiger partial charge is 0.387 e. The number of aliphatic imine (C=N–C) groups is 1. The molecule has 0 radical (unpaired) electrons. The summed E-state index contributed by atoms with van der Waals surface area (Å²) >= 11 is 0. The van der Waals surface area contributed by atoms with Crippen molar-refractivity contribution in [1.82, 2.24) is 4.90 Å². The molecule has 1 aliphatic rings. The van der Waals surface area contributed by atoms with E-state index in [1.54, 1.807) is 4.90 Å². The number of nitrogens with zero attached hydrogens (tertiary/aromatic N) is 2. The van der Waals surface area contributed by atoms with Crippen LogP contribution >= 0.6 is 0 Å². The molecule has 0 saturated heterocycles. The lowest BCUT2D eigenvalue weighted by Crippen LogP contribution is -2.38. The van der Waals surface area contributed by atoms with Crippen molar-refractivity contribution in [3.63, 3.8) is 0 Å². The van der Waals surface area contributed by atoms with E-state index >= 15 is 0 Å². The average Bonchev–Trinajstić information content (AvgIpc) is 2.83. The van der Waals surface area contributed by atoms with Crippen molar-refractivity contribution in [1.29, 1.82) is 0 Å². The highest BCUT2D eigenvalue weighted by Crippen LogP contribution is 2.24. The Bertz CT molecular complexity index is 278. The minimum atomic E-state index is -0.337. The highest BCUT2D eigenvalue weighted by molar-refractivity contribution is 5.88. The Kier molecular flexibility index (Phi) is 5.45. The Morgan fingerprint density at radius 1 is 1.35 bits per heavy atom. The lowest BCUT2D eigenvalue weighted by Gasteiger charge is -2.21. The quantitative estimate of drug-likeness (QED) is 0.587. The Morgan fingerprint density at radius 2 is 1.88 bits per heavy atom. The second kappa shape index (κ2) is 6.62. The molecule has 0 aliphatic heterocycles. The molecule has 0 spiro atoms. The molecule has 1 rings (SSSR count). The van der Waals surface area contributed by atoms with Gasteiger partial charge in [0.25, 0.3) is 0 Å². The number of amidine groups is 1. The number of carbonyl (C=O) groups is 1. The molecule has 1 atom stereocenters. The number of nitrogens with two attached hydrogens (primary N) is 1. The maximum atomic E-state index is 12.0. The van der Waals surface area contributed by atoms with Crippen LogP contribution < -0.4 is 5.73 Å². The van der Waals surface area contributed by atoms with Crippen molar-refractivity contribution in [2.75, 3.05) is 13.1 Å². The van der Waals surface area contributed by atoms with Gasteiger partial charge in [-0.25, -0.2) is 0 Å². The van der Waals surface area contributed by atoms with Crippen LogP contribution in [0.2, 0.25) is 0 Å². The van der Waals surface area contributed by atoms with E-state index in [1.807, 2.05) is 20.8 Å². The van der Waals surface area contributed by atoms with Crippen LogP contribution in [-0.2, 0) is 4.79 Å². The molecule has 0 bridgehead atoms. The number of hydrogen-bond acceptors (Lipinski definition) is 2. The van der Waals surface area contributed by atoms with Crippen LogP contribution in [0, 0.1) is 5.92 Å². The van der Waals surface area contributed by atoms with Gasteiger partial charge in [-0.3, -0.25) is 9.79 Å². The molecule has 0 aromatic rings. The standard InChI is InChI=1S/C13H25N3O/c1-4-16(5-2)13(17)10(3)15-12(14)11-8-6-7-9-11/h10-11H,4-9H2,1-3H3,(H2,14,15). The van der Waals surface area contributed by atoms with Crippen LogP contribution in [0.15, 0.2) is 4.99 Å². The zero-order valence-electron chi connectivity index (χ0n) is 11.3. The Labute approximate surface area is 104 Å². The molecule has 98 valence electrons. The molecule has 1 aliphatic carbocycles. The van der Waals surface area contributed by atoms with Gasteiger partial charge < -0.3 is 10.6 Å². The lowest BCUT2D eigenvalue weighted by molar-refractivity contribution is -0.131. The van der Waals surface area contributed by atoms with E-state index in [0.29, 0.717) is 11.8 Å². The second-order valence-electron chi connectivity index (χ2n) is 4.72. The first-order valence-corrected chi connectivity index (χ1v) is 6.72. The highest BCUT2D eigenvalue weighted by atomic mass is 16.2. The first-order chi connectivity index (χ1) is 8.10. The third-order valence-corrected chi connectivity index (χ3v) is 3.55. The summed E-state index contributed by atoms with van der Waals surface area (Å²) in [5, 5.41) is 0. The summed E-state index contributed by atoms with van der Waals surface area (Å²) < 4.78 is 0. The highest BCUT2D eigenvalue weighted by Gasteiger charge is 2.22. The van der Waals surface area contributed by atoms with Crippen LogP contribution in [0.25, 0.3) is 0 Å². The van der Waals surface area contributed by atoms with Crippen LogP contribution in [-0.4, -0.2) is 35.8 Å². The number of carbonyl (C=O) groups excluding carboxylic acids is 1. The third kappa shape index (κ3) is 3.72. The number of amides is 1. The molecule has 1 saturated carbocycles. The maximum Gasteiger partial charge on any atom is 0.247 e. The predicted octanol–water partition coefficient (Wildman–Crippen LogP) is 1.79. The summed E-state index contributed by atoms with van der Waals surface area (Å²) in [6.07, 6.45) is 4.72. The van der Waals surface area contributed by atoms with Gasteiger partial charge in [0.15, 0.2) is 0 Å². The van der Waals surface area contributed by atoms with Crippen LogP contribution in [0.1, 0.15) is 46.5 Å². The molecule has 1 unspecified atom stereocenters. The number of hydrogen-bond donors (Lipinski definition) is 1. The minimum absolute atomic E-state index is 0.0796. The van der Waals surface area contributed by atoms with Gasteiger partial charge in [0.2, 0.25) is 5.91 Å². The van der Waals surface area contributed by atoms with Gasteiger partial charge in [0.1, 0.15) is 6.04 Å². The minimum Gasteiger partial charge on any atom is -0.387 e. The summed E-state index contributed by atoms with van der Waals surface area (Å²) in [5.41, 5.74) is 5.98. The van der Waals surface area contributed by atoms with Gasteiger partial charge >= 0.3 is 0 Å². The summed E-state index contributed by atoms with van der Waals surface area (Å²) in [7, 11) is 0. The van der Waals surface area contributed by atoms with Crippen molar-refractivity contribution >= 4 is 11.7 Å². The Balaban J connectivity index is 2.59. The molecule has 1 fully saturated rings. The lowest BCUT2D eigenvalue weighted by atomic mass is 10.1.